The molecule has 0 amide bonds. The number of benzene rings is 1. The van der Waals surface area contributed by atoms with Gasteiger partial charge in [0.2, 0.25) is 0 Å². The minimum atomic E-state index is -0.438. The summed E-state index contributed by atoms with van der Waals surface area (Å²) in [6.45, 7) is 1.99. The first-order chi connectivity index (χ1) is 8.61. The van der Waals surface area contributed by atoms with Gasteiger partial charge in [-0.25, -0.2) is 4.39 Å². The molecule has 0 aliphatic carbocycles. The number of hydrogen-bond donors (Lipinski definition) is 1. The number of pyridine rings is 1. The summed E-state index contributed by atoms with van der Waals surface area (Å²) in [5, 5.41) is 0.103. The summed E-state index contributed by atoms with van der Waals surface area (Å²) in [5.74, 6) is -0.404. The molecule has 0 saturated carbocycles. The van der Waals surface area contributed by atoms with Crippen LogP contribution in [0.15, 0.2) is 42.7 Å². The number of nitrogens with two attached hydrogens (primary N) is 1. The van der Waals surface area contributed by atoms with Crippen molar-refractivity contribution in [2.75, 3.05) is 0 Å². The Kier molecular flexibility index (Phi) is 3.94. The van der Waals surface area contributed by atoms with Crippen LogP contribution in [0.2, 0.25) is 5.02 Å². The van der Waals surface area contributed by atoms with Gasteiger partial charge in [-0.05, 0) is 29.3 Å². The van der Waals surface area contributed by atoms with Crippen molar-refractivity contribution in [2.45, 2.75) is 18.9 Å². The number of rotatable bonds is 3. The van der Waals surface area contributed by atoms with Gasteiger partial charge in [0.15, 0.2) is 0 Å². The van der Waals surface area contributed by atoms with E-state index in [0.717, 1.165) is 5.56 Å². The summed E-state index contributed by atoms with van der Waals surface area (Å²) in [4.78, 5) is 3.96. The van der Waals surface area contributed by atoms with Gasteiger partial charge >= 0.3 is 0 Å². The second-order valence-corrected chi connectivity index (χ2v) is 4.62. The van der Waals surface area contributed by atoms with Gasteiger partial charge in [0.1, 0.15) is 5.82 Å². The van der Waals surface area contributed by atoms with Crippen LogP contribution in [-0.2, 0) is 0 Å². The second-order valence-electron chi connectivity index (χ2n) is 4.24. The van der Waals surface area contributed by atoms with E-state index in [1.54, 1.807) is 24.5 Å². The quantitative estimate of drug-likeness (QED) is 0.919. The van der Waals surface area contributed by atoms with Crippen LogP contribution in [0.5, 0.6) is 0 Å². The SMILES string of the molecule is CC(c1ccncc1)C(N)c1cccc(F)c1Cl. The van der Waals surface area contributed by atoms with E-state index in [0.29, 0.717) is 5.56 Å². The first kappa shape index (κ1) is 13.0. The summed E-state index contributed by atoms with van der Waals surface area (Å²) in [5.41, 5.74) is 7.85. The summed E-state index contributed by atoms with van der Waals surface area (Å²) < 4.78 is 13.4. The van der Waals surface area contributed by atoms with Gasteiger partial charge < -0.3 is 5.73 Å². The first-order valence-electron chi connectivity index (χ1n) is 5.70. The standard InChI is InChI=1S/C14H14ClFN2/c1-9(10-5-7-18-8-6-10)14(17)11-3-2-4-12(16)13(11)15/h2-9,14H,17H2,1H3. The molecule has 0 aliphatic heterocycles. The second kappa shape index (κ2) is 5.46. The van der Waals surface area contributed by atoms with E-state index in [-0.39, 0.29) is 17.0 Å². The summed E-state index contributed by atoms with van der Waals surface area (Å²) >= 11 is 5.95. The molecule has 0 bridgehead atoms. The summed E-state index contributed by atoms with van der Waals surface area (Å²) in [6, 6.07) is 8.16. The lowest BCUT2D eigenvalue weighted by Gasteiger charge is -2.21. The highest BCUT2D eigenvalue weighted by Crippen LogP contribution is 2.33. The van der Waals surface area contributed by atoms with E-state index in [1.165, 1.54) is 6.07 Å². The van der Waals surface area contributed by atoms with Crippen LogP contribution >= 0.6 is 11.6 Å². The molecule has 2 aromatic rings. The van der Waals surface area contributed by atoms with Crippen LogP contribution in [0.3, 0.4) is 0 Å². The molecule has 2 rings (SSSR count). The molecule has 1 aromatic heterocycles. The molecule has 0 saturated heterocycles. The van der Waals surface area contributed by atoms with E-state index < -0.39 is 5.82 Å². The van der Waals surface area contributed by atoms with Crippen LogP contribution < -0.4 is 5.73 Å². The van der Waals surface area contributed by atoms with Gasteiger partial charge in [-0.1, -0.05) is 30.7 Å². The Bertz CT molecular complexity index is 531. The zero-order valence-electron chi connectivity index (χ0n) is 9.98. The van der Waals surface area contributed by atoms with Crippen LogP contribution in [0.25, 0.3) is 0 Å². The zero-order valence-corrected chi connectivity index (χ0v) is 10.7. The molecular formula is C14H14ClFN2. The Hall–Kier alpha value is -1.45. The fraction of sp³-hybridized carbons (Fsp3) is 0.214. The molecule has 0 spiro atoms. The lowest BCUT2D eigenvalue weighted by molar-refractivity contribution is 0.582. The molecule has 0 radical (unpaired) electrons. The molecule has 1 aromatic carbocycles. The van der Waals surface area contributed by atoms with Crippen LogP contribution in [0.4, 0.5) is 4.39 Å². The van der Waals surface area contributed by atoms with Crippen molar-refractivity contribution in [3.05, 3.63) is 64.7 Å². The van der Waals surface area contributed by atoms with Crippen molar-refractivity contribution in [1.29, 1.82) is 0 Å². The van der Waals surface area contributed by atoms with Gasteiger partial charge in [-0.3, -0.25) is 4.98 Å². The third-order valence-electron chi connectivity index (χ3n) is 3.11. The summed E-state index contributed by atoms with van der Waals surface area (Å²) in [6.07, 6.45) is 3.43. The Morgan fingerprint density at radius 3 is 2.56 bits per heavy atom. The van der Waals surface area contributed by atoms with Gasteiger partial charge in [-0.15, -0.1) is 0 Å². The molecule has 2 nitrogen and oxygen atoms in total. The molecule has 4 heteroatoms. The lowest BCUT2D eigenvalue weighted by atomic mass is 9.90. The molecule has 18 heavy (non-hydrogen) atoms. The number of hydrogen-bond acceptors (Lipinski definition) is 2. The highest BCUT2D eigenvalue weighted by Gasteiger charge is 2.20. The van der Waals surface area contributed by atoms with E-state index in [9.17, 15) is 4.39 Å². The normalized spacial score (nSPS) is 14.2. The van der Waals surface area contributed by atoms with Gasteiger partial charge in [-0.2, -0.15) is 0 Å². The van der Waals surface area contributed by atoms with E-state index in [4.69, 9.17) is 17.3 Å². The van der Waals surface area contributed by atoms with Crippen LogP contribution in [0.1, 0.15) is 30.0 Å². The molecule has 94 valence electrons. The van der Waals surface area contributed by atoms with Crippen molar-refractivity contribution in [3.8, 4) is 0 Å². The minimum Gasteiger partial charge on any atom is -0.323 e. The first-order valence-corrected chi connectivity index (χ1v) is 6.08. The molecule has 1 heterocycles. The van der Waals surface area contributed by atoms with Gasteiger partial charge in [0, 0.05) is 24.4 Å². The Labute approximate surface area is 111 Å². The molecule has 2 atom stereocenters. The molecule has 0 aliphatic rings. The van der Waals surface area contributed by atoms with Crippen LogP contribution in [-0.4, -0.2) is 4.98 Å². The van der Waals surface area contributed by atoms with Gasteiger partial charge in [0.05, 0.1) is 5.02 Å². The summed E-state index contributed by atoms with van der Waals surface area (Å²) in [7, 11) is 0. The van der Waals surface area contributed by atoms with Crippen molar-refractivity contribution < 1.29 is 4.39 Å². The zero-order chi connectivity index (χ0) is 13.1. The average molecular weight is 265 g/mol. The molecular weight excluding hydrogens is 251 g/mol. The van der Waals surface area contributed by atoms with Crippen LogP contribution in [0, 0.1) is 5.82 Å². The van der Waals surface area contributed by atoms with E-state index in [2.05, 4.69) is 4.98 Å². The van der Waals surface area contributed by atoms with Crippen molar-refractivity contribution in [1.82, 2.24) is 4.98 Å². The number of halogens is 2. The Morgan fingerprint density at radius 1 is 1.22 bits per heavy atom. The fourth-order valence-electron chi connectivity index (χ4n) is 1.92. The van der Waals surface area contributed by atoms with Crippen molar-refractivity contribution >= 4 is 11.6 Å². The number of aromatic nitrogens is 1. The highest BCUT2D eigenvalue weighted by molar-refractivity contribution is 6.31. The lowest BCUT2D eigenvalue weighted by Crippen LogP contribution is -2.18. The van der Waals surface area contributed by atoms with E-state index >= 15 is 0 Å². The minimum absolute atomic E-state index is 0.0345. The van der Waals surface area contributed by atoms with Crippen molar-refractivity contribution in [2.24, 2.45) is 5.73 Å². The third kappa shape index (κ3) is 2.52. The number of nitrogens with zero attached hydrogens (tertiary/aromatic N) is 1. The molecule has 2 N–H and O–H groups in total. The smallest absolute Gasteiger partial charge is 0.142 e. The molecule has 2 unspecified atom stereocenters. The van der Waals surface area contributed by atoms with Gasteiger partial charge in [0.25, 0.3) is 0 Å². The predicted octanol–water partition coefficient (Wildman–Crippen LogP) is 3.68. The maximum Gasteiger partial charge on any atom is 0.142 e. The monoisotopic (exact) mass is 264 g/mol. The van der Waals surface area contributed by atoms with E-state index in [1.807, 2.05) is 19.1 Å². The largest absolute Gasteiger partial charge is 0.323 e. The fourth-order valence-corrected chi connectivity index (χ4v) is 2.17. The topological polar surface area (TPSA) is 38.9 Å². The average Bonchev–Trinajstić information content (AvgIpc) is 2.41. The maximum atomic E-state index is 13.4. The third-order valence-corrected chi connectivity index (χ3v) is 3.51. The highest BCUT2D eigenvalue weighted by atomic mass is 35.5. The maximum absolute atomic E-state index is 13.4. The predicted molar refractivity (Wildman–Crippen MR) is 71.0 cm³/mol. The Balaban J connectivity index is 2.31. The Morgan fingerprint density at radius 2 is 1.89 bits per heavy atom. The molecule has 0 fully saturated rings. The van der Waals surface area contributed by atoms with Crippen molar-refractivity contribution in [3.63, 3.8) is 0 Å².